The van der Waals surface area contributed by atoms with Crippen molar-refractivity contribution in [2.75, 3.05) is 7.05 Å². The second-order valence-corrected chi connectivity index (χ2v) is 5.51. The van der Waals surface area contributed by atoms with Gasteiger partial charge in [0.05, 0.1) is 23.3 Å². The summed E-state index contributed by atoms with van der Waals surface area (Å²) in [4.78, 5) is 16.9. The number of H-pyrrole nitrogens is 2. The van der Waals surface area contributed by atoms with Gasteiger partial charge in [0, 0.05) is 10.0 Å². The maximum absolute atomic E-state index is 11.4. The van der Waals surface area contributed by atoms with E-state index in [0.29, 0.717) is 0 Å². The molecule has 0 saturated heterocycles. The van der Waals surface area contributed by atoms with Gasteiger partial charge in [-0.15, -0.1) is 0 Å². The van der Waals surface area contributed by atoms with Crippen LogP contribution in [0, 0.1) is 6.92 Å². The fourth-order valence-electron chi connectivity index (χ4n) is 2.47. The monoisotopic (exact) mass is 335 g/mol. The molecule has 0 aliphatic carbocycles. The maximum atomic E-state index is 11.4. The van der Waals surface area contributed by atoms with Crippen molar-refractivity contribution in [2.45, 2.75) is 13.0 Å². The van der Waals surface area contributed by atoms with Crippen molar-refractivity contribution in [2.24, 2.45) is 0 Å². The second kappa shape index (κ2) is 4.96. The van der Waals surface area contributed by atoms with Gasteiger partial charge in [-0.05, 0) is 37.7 Å². The number of rotatable bonds is 3. The van der Waals surface area contributed by atoms with E-state index in [1.165, 1.54) is 0 Å². The molecule has 0 fully saturated rings. The van der Waals surface area contributed by atoms with E-state index in [1.54, 1.807) is 6.26 Å². The highest BCUT2D eigenvalue weighted by atomic mass is 79.9. The summed E-state index contributed by atoms with van der Waals surface area (Å²) in [6.45, 7) is 1.93. The van der Waals surface area contributed by atoms with Crippen molar-refractivity contribution < 1.29 is 4.42 Å². The Morgan fingerprint density at radius 2 is 1.95 bits per heavy atom. The summed E-state index contributed by atoms with van der Waals surface area (Å²) in [6, 6.07) is 5.81. The molecule has 0 spiro atoms. The molecule has 104 valence electrons. The van der Waals surface area contributed by atoms with Gasteiger partial charge >= 0.3 is 5.69 Å². The Balaban J connectivity index is 2.18. The highest BCUT2D eigenvalue weighted by Gasteiger charge is 2.19. The number of aromatic nitrogens is 2. The van der Waals surface area contributed by atoms with Crippen LogP contribution in [0.1, 0.15) is 22.9 Å². The summed E-state index contributed by atoms with van der Waals surface area (Å²) < 4.78 is 6.31. The first-order valence-electron chi connectivity index (χ1n) is 6.23. The van der Waals surface area contributed by atoms with E-state index in [4.69, 9.17) is 4.42 Å². The van der Waals surface area contributed by atoms with Crippen molar-refractivity contribution in [1.82, 2.24) is 15.3 Å². The minimum atomic E-state index is -0.204. The van der Waals surface area contributed by atoms with Crippen LogP contribution in [0.3, 0.4) is 0 Å². The molecule has 0 aliphatic rings. The summed E-state index contributed by atoms with van der Waals surface area (Å²) in [5.41, 5.74) is 3.48. The lowest BCUT2D eigenvalue weighted by Crippen LogP contribution is -2.18. The molecule has 1 atom stereocenters. The summed E-state index contributed by atoms with van der Waals surface area (Å²) in [6.07, 6.45) is 1.68. The SMILES string of the molecule is CNC(c1cc2[nH]c(=O)[nH]c2cc1Br)c1ccoc1C. The Bertz CT molecular complexity index is 815. The Kier molecular flexibility index (Phi) is 3.27. The van der Waals surface area contributed by atoms with Crippen molar-refractivity contribution in [3.05, 3.63) is 56.3 Å². The lowest BCUT2D eigenvalue weighted by molar-refractivity contribution is 0.523. The van der Waals surface area contributed by atoms with Gasteiger partial charge in [-0.25, -0.2) is 4.79 Å². The number of halogens is 1. The molecular weight excluding hydrogens is 322 g/mol. The van der Waals surface area contributed by atoms with Crippen molar-refractivity contribution in [3.8, 4) is 0 Å². The third-order valence-corrected chi connectivity index (χ3v) is 4.13. The lowest BCUT2D eigenvalue weighted by atomic mass is 9.99. The van der Waals surface area contributed by atoms with Gasteiger partial charge in [0.15, 0.2) is 0 Å². The highest BCUT2D eigenvalue weighted by Crippen LogP contribution is 2.32. The minimum absolute atomic E-state index is 0.00840. The average Bonchev–Trinajstić information content (AvgIpc) is 2.96. The predicted octanol–water partition coefficient (Wildman–Crippen LogP) is 2.83. The maximum Gasteiger partial charge on any atom is 0.323 e. The largest absolute Gasteiger partial charge is 0.469 e. The molecule has 0 bridgehead atoms. The first-order chi connectivity index (χ1) is 9.60. The zero-order valence-corrected chi connectivity index (χ0v) is 12.7. The second-order valence-electron chi connectivity index (χ2n) is 4.65. The smallest absolute Gasteiger partial charge is 0.323 e. The molecule has 3 N–H and O–H groups in total. The molecule has 3 rings (SSSR count). The number of furan rings is 1. The van der Waals surface area contributed by atoms with Crippen LogP contribution in [-0.4, -0.2) is 17.0 Å². The van der Waals surface area contributed by atoms with Crippen molar-refractivity contribution in [1.29, 1.82) is 0 Å². The van der Waals surface area contributed by atoms with Gasteiger partial charge < -0.3 is 19.7 Å². The molecule has 0 saturated carbocycles. The standard InChI is InChI=1S/C14H14BrN3O2/c1-7-8(3-4-20-7)13(16-2)9-5-11-12(6-10(9)15)18-14(19)17-11/h3-6,13,16H,1-2H3,(H2,17,18,19). The van der Waals surface area contributed by atoms with Crippen LogP contribution in [0.2, 0.25) is 0 Å². The van der Waals surface area contributed by atoms with E-state index >= 15 is 0 Å². The van der Waals surface area contributed by atoms with E-state index in [-0.39, 0.29) is 11.7 Å². The predicted molar refractivity (Wildman–Crippen MR) is 81.0 cm³/mol. The zero-order valence-electron chi connectivity index (χ0n) is 11.1. The van der Waals surface area contributed by atoms with Crippen LogP contribution >= 0.6 is 15.9 Å². The fourth-order valence-corrected chi connectivity index (χ4v) is 3.04. The van der Waals surface area contributed by atoms with E-state index in [9.17, 15) is 4.79 Å². The van der Waals surface area contributed by atoms with Crippen LogP contribution in [-0.2, 0) is 0 Å². The summed E-state index contributed by atoms with van der Waals surface area (Å²) >= 11 is 3.57. The molecule has 3 aromatic rings. The third kappa shape index (κ3) is 2.10. The van der Waals surface area contributed by atoms with E-state index in [0.717, 1.165) is 32.4 Å². The molecule has 0 aliphatic heterocycles. The van der Waals surface area contributed by atoms with Crippen molar-refractivity contribution in [3.63, 3.8) is 0 Å². The lowest BCUT2D eigenvalue weighted by Gasteiger charge is -2.18. The molecule has 0 amide bonds. The average molecular weight is 336 g/mol. The van der Waals surface area contributed by atoms with Gasteiger partial charge in [-0.3, -0.25) is 0 Å². The number of fused-ring (bicyclic) bond motifs is 1. The number of aromatic amines is 2. The first kappa shape index (κ1) is 13.2. The quantitative estimate of drug-likeness (QED) is 0.689. The van der Waals surface area contributed by atoms with Gasteiger partial charge in [-0.1, -0.05) is 15.9 Å². The van der Waals surface area contributed by atoms with Crippen LogP contribution in [0.5, 0.6) is 0 Å². The van der Waals surface area contributed by atoms with Crippen LogP contribution < -0.4 is 11.0 Å². The molecule has 2 aromatic heterocycles. The number of nitrogens with one attached hydrogen (secondary N) is 3. The molecule has 0 radical (unpaired) electrons. The molecule has 1 aromatic carbocycles. The Hall–Kier alpha value is -1.79. The number of hydrogen-bond donors (Lipinski definition) is 3. The Morgan fingerprint density at radius 1 is 1.25 bits per heavy atom. The van der Waals surface area contributed by atoms with E-state index in [1.807, 2.05) is 32.2 Å². The van der Waals surface area contributed by atoms with Gasteiger partial charge in [-0.2, -0.15) is 0 Å². The topological polar surface area (TPSA) is 73.8 Å². The summed E-state index contributed by atoms with van der Waals surface area (Å²) in [5.74, 6) is 0.874. The van der Waals surface area contributed by atoms with Gasteiger partial charge in [0.25, 0.3) is 0 Å². The number of hydrogen-bond acceptors (Lipinski definition) is 3. The zero-order chi connectivity index (χ0) is 14.3. The number of benzene rings is 1. The van der Waals surface area contributed by atoms with E-state index in [2.05, 4.69) is 31.2 Å². The highest BCUT2D eigenvalue weighted by molar-refractivity contribution is 9.10. The van der Waals surface area contributed by atoms with Crippen LogP contribution in [0.15, 0.2) is 38.1 Å². The molecule has 1 unspecified atom stereocenters. The fraction of sp³-hybridized carbons (Fsp3) is 0.214. The van der Waals surface area contributed by atoms with Crippen molar-refractivity contribution >= 4 is 27.0 Å². The van der Waals surface area contributed by atoms with E-state index < -0.39 is 0 Å². The Labute approximate surface area is 123 Å². The molecule has 6 heteroatoms. The molecule has 20 heavy (non-hydrogen) atoms. The van der Waals surface area contributed by atoms with Crippen LogP contribution in [0.25, 0.3) is 11.0 Å². The van der Waals surface area contributed by atoms with Crippen LogP contribution in [0.4, 0.5) is 0 Å². The number of imidazole rings is 1. The third-order valence-electron chi connectivity index (χ3n) is 3.44. The molecular formula is C14H14BrN3O2. The first-order valence-corrected chi connectivity index (χ1v) is 7.02. The molecule has 5 nitrogen and oxygen atoms in total. The summed E-state index contributed by atoms with van der Waals surface area (Å²) in [5, 5.41) is 3.28. The normalized spacial score (nSPS) is 12.9. The summed E-state index contributed by atoms with van der Waals surface area (Å²) in [7, 11) is 1.90. The Morgan fingerprint density at radius 3 is 2.55 bits per heavy atom. The van der Waals surface area contributed by atoms with Gasteiger partial charge in [0.2, 0.25) is 0 Å². The number of aryl methyl sites for hydroxylation is 1. The van der Waals surface area contributed by atoms with Gasteiger partial charge in [0.1, 0.15) is 5.76 Å². The minimum Gasteiger partial charge on any atom is -0.469 e. The molecule has 2 heterocycles.